The summed E-state index contributed by atoms with van der Waals surface area (Å²) < 4.78 is 27.9. The van der Waals surface area contributed by atoms with Crippen LogP contribution in [0.4, 0.5) is 0 Å². The van der Waals surface area contributed by atoms with E-state index in [-0.39, 0.29) is 10.6 Å². The van der Waals surface area contributed by atoms with Gasteiger partial charge in [-0.15, -0.1) is 0 Å². The summed E-state index contributed by atoms with van der Waals surface area (Å²) in [5.74, 6) is -0.558. The van der Waals surface area contributed by atoms with Crippen LogP contribution >= 0.6 is 10.7 Å². The molecule has 2 N–H and O–H groups in total. The highest BCUT2D eigenvalue weighted by atomic mass is 35.7. The summed E-state index contributed by atoms with van der Waals surface area (Å²) in [6, 6.07) is 0. The Balaban J connectivity index is 2.76. The molecule has 0 aromatic carbocycles. The van der Waals surface area contributed by atoms with Crippen molar-refractivity contribution in [2.75, 3.05) is 20.3 Å². The predicted octanol–water partition coefficient (Wildman–Crippen LogP) is 1.06. The number of rotatable bonds is 8. The van der Waals surface area contributed by atoms with Gasteiger partial charge in [0, 0.05) is 30.9 Å². The lowest BCUT2D eigenvalue weighted by Crippen LogP contribution is -2.26. The third-order valence-corrected chi connectivity index (χ3v) is 4.06. The molecule has 0 unspecified atom stereocenters. The third-order valence-electron chi connectivity index (χ3n) is 2.67. The number of carbonyl (C=O) groups excluding carboxylic acids is 1. The Labute approximate surface area is 122 Å². The van der Waals surface area contributed by atoms with Crippen LogP contribution in [-0.2, 0) is 20.2 Å². The monoisotopic (exact) mass is 323 g/mol. The van der Waals surface area contributed by atoms with Gasteiger partial charge < -0.3 is 10.1 Å². The topological polar surface area (TPSA) is 101 Å². The number of carbonyl (C=O) groups is 1. The number of unbranched alkanes of at least 4 members (excludes halogenated alkanes) is 1. The minimum atomic E-state index is -4.02. The molecule has 0 aliphatic rings. The number of hydrogen-bond acceptors (Lipinski definition) is 5. The molecule has 0 aliphatic heterocycles. The zero-order chi connectivity index (χ0) is 15.2. The Morgan fingerprint density at radius 3 is 2.70 bits per heavy atom. The van der Waals surface area contributed by atoms with Crippen molar-refractivity contribution in [1.29, 1.82) is 0 Å². The lowest BCUT2D eigenvalue weighted by Gasteiger charge is -2.04. The molecule has 0 aliphatic carbocycles. The number of aromatic nitrogens is 2. The molecule has 1 amide bonds. The van der Waals surface area contributed by atoms with Crippen molar-refractivity contribution in [1.82, 2.24) is 15.5 Å². The number of aromatic amines is 1. The summed E-state index contributed by atoms with van der Waals surface area (Å²) in [4.78, 5) is 11.7. The van der Waals surface area contributed by atoms with Crippen LogP contribution < -0.4 is 5.32 Å². The van der Waals surface area contributed by atoms with Gasteiger partial charge in [0.1, 0.15) is 4.90 Å². The van der Waals surface area contributed by atoms with Crippen molar-refractivity contribution in [3.63, 3.8) is 0 Å². The van der Waals surface area contributed by atoms with Gasteiger partial charge in [-0.25, -0.2) is 8.42 Å². The Kier molecular flexibility index (Phi) is 6.44. The smallest absolute Gasteiger partial charge is 0.273 e. The van der Waals surface area contributed by atoms with Crippen molar-refractivity contribution in [2.24, 2.45) is 0 Å². The van der Waals surface area contributed by atoms with Crippen LogP contribution in [0.5, 0.6) is 0 Å². The van der Waals surface area contributed by atoms with Crippen LogP contribution in [0.25, 0.3) is 0 Å². The molecule has 1 rings (SSSR count). The third kappa shape index (κ3) is 4.46. The number of nitrogens with zero attached hydrogens (tertiary/aromatic N) is 1. The second-order valence-electron chi connectivity index (χ2n) is 4.13. The number of H-pyrrole nitrogens is 1. The lowest BCUT2D eigenvalue weighted by molar-refractivity contribution is 0.0943. The Bertz CT molecular complexity index is 556. The highest BCUT2D eigenvalue weighted by Crippen LogP contribution is 2.22. The molecular formula is C11H18ClN3O4S. The molecule has 0 bridgehead atoms. The average molecular weight is 324 g/mol. The van der Waals surface area contributed by atoms with E-state index in [1.165, 1.54) is 0 Å². The zero-order valence-electron chi connectivity index (χ0n) is 11.4. The van der Waals surface area contributed by atoms with Crippen molar-refractivity contribution >= 4 is 25.6 Å². The van der Waals surface area contributed by atoms with Gasteiger partial charge in [-0.2, -0.15) is 5.10 Å². The standard InChI is InChI=1S/C11H18ClN3O4S/c1-3-8-10(20(12,17)18)9(15-14-8)11(16)13-6-4-5-7-19-2/h3-7H2,1-2H3,(H,13,16)(H,14,15). The minimum Gasteiger partial charge on any atom is -0.385 e. The fourth-order valence-corrected chi connectivity index (χ4v) is 3.03. The Morgan fingerprint density at radius 2 is 2.15 bits per heavy atom. The largest absolute Gasteiger partial charge is 0.385 e. The van der Waals surface area contributed by atoms with Crippen molar-refractivity contribution in [2.45, 2.75) is 31.1 Å². The minimum absolute atomic E-state index is 0.191. The van der Waals surface area contributed by atoms with Crippen LogP contribution in [0.1, 0.15) is 35.9 Å². The quantitative estimate of drug-likeness (QED) is 0.550. The summed E-state index contributed by atoms with van der Waals surface area (Å²) in [6.45, 7) is 2.77. The first-order chi connectivity index (χ1) is 9.41. The molecule has 1 heterocycles. The molecule has 114 valence electrons. The van der Waals surface area contributed by atoms with E-state index in [1.54, 1.807) is 14.0 Å². The van der Waals surface area contributed by atoms with Gasteiger partial charge in [0.2, 0.25) is 0 Å². The number of amides is 1. The first kappa shape index (κ1) is 16.9. The maximum atomic E-state index is 11.9. The van der Waals surface area contributed by atoms with Gasteiger partial charge in [0.15, 0.2) is 5.69 Å². The number of halogens is 1. The van der Waals surface area contributed by atoms with Gasteiger partial charge in [-0.05, 0) is 19.3 Å². The highest BCUT2D eigenvalue weighted by Gasteiger charge is 2.27. The predicted molar refractivity (Wildman–Crippen MR) is 74.4 cm³/mol. The maximum absolute atomic E-state index is 11.9. The lowest BCUT2D eigenvalue weighted by atomic mass is 10.3. The summed E-state index contributed by atoms with van der Waals surface area (Å²) in [6.07, 6.45) is 1.92. The van der Waals surface area contributed by atoms with E-state index in [4.69, 9.17) is 15.4 Å². The molecule has 0 atom stereocenters. The molecular weight excluding hydrogens is 306 g/mol. The van der Waals surface area contributed by atoms with E-state index in [0.717, 1.165) is 12.8 Å². The van der Waals surface area contributed by atoms with Crippen LogP contribution in [0.2, 0.25) is 0 Å². The molecule has 0 radical (unpaired) electrons. The summed E-state index contributed by atoms with van der Waals surface area (Å²) in [7, 11) is 2.94. The van der Waals surface area contributed by atoms with E-state index < -0.39 is 15.0 Å². The molecule has 0 spiro atoms. The fraction of sp³-hybridized carbons (Fsp3) is 0.636. The second-order valence-corrected chi connectivity index (χ2v) is 6.63. The number of methoxy groups -OCH3 is 1. The van der Waals surface area contributed by atoms with E-state index in [0.29, 0.717) is 25.3 Å². The highest BCUT2D eigenvalue weighted by molar-refractivity contribution is 8.13. The van der Waals surface area contributed by atoms with E-state index in [9.17, 15) is 13.2 Å². The van der Waals surface area contributed by atoms with Gasteiger partial charge in [0.05, 0.1) is 5.69 Å². The Hall–Kier alpha value is -1.12. The first-order valence-corrected chi connectivity index (χ1v) is 8.51. The van der Waals surface area contributed by atoms with Crippen LogP contribution in [0, 0.1) is 0 Å². The molecule has 0 saturated heterocycles. The molecule has 0 fully saturated rings. The van der Waals surface area contributed by atoms with E-state index >= 15 is 0 Å². The molecule has 20 heavy (non-hydrogen) atoms. The van der Waals surface area contributed by atoms with Gasteiger partial charge in [0.25, 0.3) is 15.0 Å². The molecule has 7 nitrogen and oxygen atoms in total. The summed E-state index contributed by atoms with van der Waals surface area (Å²) >= 11 is 0. The molecule has 1 aromatic rings. The Morgan fingerprint density at radius 1 is 1.45 bits per heavy atom. The SMILES string of the molecule is CCc1[nH]nc(C(=O)NCCCCOC)c1S(=O)(=O)Cl. The number of ether oxygens (including phenoxy) is 1. The molecule has 9 heteroatoms. The van der Waals surface area contributed by atoms with E-state index in [1.807, 2.05) is 0 Å². The van der Waals surface area contributed by atoms with Crippen molar-refractivity contribution < 1.29 is 17.9 Å². The van der Waals surface area contributed by atoms with Crippen LogP contribution in [0.3, 0.4) is 0 Å². The first-order valence-electron chi connectivity index (χ1n) is 6.20. The van der Waals surface area contributed by atoms with E-state index in [2.05, 4.69) is 15.5 Å². The summed E-state index contributed by atoms with van der Waals surface area (Å²) in [5, 5.41) is 8.88. The molecule has 1 aromatic heterocycles. The number of nitrogens with one attached hydrogen (secondary N) is 2. The van der Waals surface area contributed by atoms with Crippen molar-refractivity contribution in [3.8, 4) is 0 Å². The fourth-order valence-electron chi connectivity index (χ4n) is 1.68. The zero-order valence-corrected chi connectivity index (χ0v) is 13.0. The normalized spacial score (nSPS) is 11.6. The maximum Gasteiger partial charge on any atom is 0.273 e. The van der Waals surface area contributed by atoms with Gasteiger partial charge in [-0.3, -0.25) is 9.89 Å². The second kappa shape index (κ2) is 7.61. The number of aryl methyl sites for hydroxylation is 1. The van der Waals surface area contributed by atoms with Gasteiger partial charge in [-0.1, -0.05) is 6.92 Å². The molecule has 0 saturated carbocycles. The van der Waals surface area contributed by atoms with Crippen LogP contribution in [-0.4, -0.2) is 44.8 Å². The van der Waals surface area contributed by atoms with Gasteiger partial charge >= 0.3 is 0 Å². The number of hydrogen-bond donors (Lipinski definition) is 2. The average Bonchev–Trinajstić information content (AvgIpc) is 2.82. The van der Waals surface area contributed by atoms with Crippen molar-refractivity contribution in [3.05, 3.63) is 11.4 Å². The van der Waals surface area contributed by atoms with Crippen LogP contribution in [0.15, 0.2) is 4.90 Å². The summed E-state index contributed by atoms with van der Waals surface area (Å²) in [5.41, 5.74) is 0.133.